The van der Waals surface area contributed by atoms with Gasteiger partial charge < -0.3 is 26.2 Å². The molecular formula is C27H23ClN4O4. The van der Waals surface area contributed by atoms with Crippen molar-refractivity contribution in [2.75, 3.05) is 17.2 Å². The quantitative estimate of drug-likeness (QED) is 0.159. The minimum Gasteiger partial charge on any atom is -0.481 e. The lowest BCUT2D eigenvalue weighted by atomic mass is 10.0. The van der Waals surface area contributed by atoms with Crippen molar-refractivity contribution in [1.29, 1.82) is 5.41 Å². The molecule has 4 aromatic rings. The number of carboxylic acids is 1. The fourth-order valence-corrected chi connectivity index (χ4v) is 3.88. The summed E-state index contributed by atoms with van der Waals surface area (Å²) in [5, 5.41) is 24.8. The normalized spacial score (nSPS) is 10.6. The lowest BCUT2D eigenvalue weighted by Gasteiger charge is -2.16. The molecule has 0 aliphatic heterocycles. The lowest BCUT2D eigenvalue weighted by molar-refractivity contribution is -0.139. The van der Waals surface area contributed by atoms with Gasteiger partial charge in [0.1, 0.15) is 11.6 Å². The Balaban J connectivity index is 1.58. The molecule has 0 spiro atoms. The van der Waals surface area contributed by atoms with Crippen molar-refractivity contribution < 1.29 is 19.4 Å². The van der Waals surface area contributed by atoms with Gasteiger partial charge in [-0.15, -0.1) is 0 Å². The number of nitrogens with two attached hydrogens (primary N) is 1. The number of nitrogen functional groups attached to an aromatic ring is 1. The molecular weight excluding hydrogens is 480 g/mol. The Morgan fingerprint density at radius 1 is 1.00 bits per heavy atom. The highest BCUT2D eigenvalue weighted by Crippen LogP contribution is 2.31. The number of hydrogen-bond acceptors (Lipinski definition) is 5. The Kier molecular flexibility index (Phi) is 7.36. The standard InChI is InChI=1S/C27H23ClN4O4/c28-19-9-12-23(22(13-19)27(35)32-20-10-7-17(8-11-20)26(29)30)31-14-18-6-5-16-3-1-2-4-21(16)25(18)36-15-24(33)34/h1-13,31H,14-15H2,(H3,29,30)(H,32,35)(H,33,34). The van der Waals surface area contributed by atoms with Crippen molar-refractivity contribution in [3.63, 3.8) is 0 Å². The van der Waals surface area contributed by atoms with Crippen molar-refractivity contribution in [3.05, 3.63) is 101 Å². The first-order valence-electron chi connectivity index (χ1n) is 11.0. The number of carboxylic acid groups (broad SMARTS) is 1. The van der Waals surface area contributed by atoms with Crippen molar-refractivity contribution in [2.45, 2.75) is 6.54 Å². The molecule has 0 aromatic heterocycles. The summed E-state index contributed by atoms with van der Waals surface area (Å²) in [6.07, 6.45) is 0. The van der Waals surface area contributed by atoms with E-state index in [-0.39, 0.29) is 18.3 Å². The molecule has 0 heterocycles. The summed E-state index contributed by atoms with van der Waals surface area (Å²) < 4.78 is 5.64. The molecule has 6 N–H and O–H groups in total. The number of amides is 1. The zero-order valence-electron chi connectivity index (χ0n) is 19.0. The third-order valence-corrected chi connectivity index (χ3v) is 5.69. The average Bonchev–Trinajstić information content (AvgIpc) is 2.87. The smallest absolute Gasteiger partial charge is 0.341 e. The predicted octanol–water partition coefficient (Wildman–Crippen LogP) is 5.11. The number of rotatable bonds is 9. The van der Waals surface area contributed by atoms with Gasteiger partial charge in [-0.05, 0) is 47.9 Å². The predicted molar refractivity (Wildman–Crippen MR) is 141 cm³/mol. The van der Waals surface area contributed by atoms with Gasteiger partial charge in [-0.25, -0.2) is 4.79 Å². The highest BCUT2D eigenvalue weighted by atomic mass is 35.5. The molecule has 0 radical (unpaired) electrons. The topological polar surface area (TPSA) is 138 Å². The molecule has 0 fully saturated rings. The highest BCUT2D eigenvalue weighted by molar-refractivity contribution is 6.31. The number of hydrogen-bond donors (Lipinski definition) is 5. The summed E-state index contributed by atoms with van der Waals surface area (Å²) in [5.74, 6) is -1.05. The Hall–Kier alpha value is -4.56. The van der Waals surface area contributed by atoms with Crippen molar-refractivity contribution in [1.82, 2.24) is 0 Å². The monoisotopic (exact) mass is 502 g/mol. The van der Waals surface area contributed by atoms with E-state index in [1.165, 1.54) is 0 Å². The minimum absolute atomic E-state index is 0.0606. The van der Waals surface area contributed by atoms with Gasteiger partial charge in [0, 0.05) is 39.5 Å². The number of nitrogens with one attached hydrogen (secondary N) is 3. The lowest BCUT2D eigenvalue weighted by Crippen LogP contribution is -2.16. The largest absolute Gasteiger partial charge is 0.481 e. The summed E-state index contributed by atoms with van der Waals surface area (Å²) >= 11 is 6.18. The summed E-state index contributed by atoms with van der Waals surface area (Å²) in [7, 11) is 0. The van der Waals surface area contributed by atoms with E-state index in [4.69, 9.17) is 32.6 Å². The van der Waals surface area contributed by atoms with E-state index in [2.05, 4.69) is 10.6 Å². The summed E-state index contributed by atoms with van der Waals surface area (Å²) in [5.41, 5.74) is 8.17. The van der Waals surface area contributed by atoms with Crippen molar-refractivity contribution >= 4 is 51.5 Å². The molecule has 4 rings (SSSR count). The third kappa shape index (κ3) is 5.73. The zero-order chi connectivity index (χ0) is 25.7. The summed E-state index contributed by atoms with van der Waals surface area (Å²) in [6.45, 7) is -0.201. The average molecular weight is 503 g/mol. The van der Waals surface area contributed by atoms with E-state index in [9.17, 15) is 9.59 Å². The molecule has 182 valence electrons. The fourth-order valence-electron chi connectivity index (χ4n) is 3.71. The van der Waals surface area contributed by atoms with Crippen LogP contribution in [0.5, 0.6) is 5.75 Å². The van der Waals surface area contributed by atoms with Crippen molar-refractivity contribution in [2.24, 2.45) is 5.73 Å². The van der Waals surface area contributed by atoms with Crippen LogP contribution in [0, 0.1) is 5.41 Å². The van der Waals surface area contributed by atoms with Crippen LogP contribution in [0.4, 0.5) is 11.4 Å². The number of carbonyl (C=O) groups excluding carboxylic acids is 1. The second-order valence-electron chi connectivity index (χ2n) is 7.95. The maximum Gasteiger partial charge on any atom is 0.341 e. The third-order valence-electron chi connectivity index (χ3n) is 5.45. The molecule has 0 saturated heterocycles. The van der Waals surface area contributed by atoms with E-state index < -0.39 is 12.6 Å². The highest BCUT2D eigenvalue weighted by Gasteiger charge is 2.15. The van der Waals surface area contributed by atoms with Gasteiger partial charge in [0.25, 0.3) is 5.91 Å². The van der Waals surface area contributed by atoms with Gasteiger partial charge in [-0.3, -0.25) is 10.2 Å². The van der Waals surface area contributed by atoms with Crippen LogP contribution in [0.3, 0.4) is 0 Å². The molecule has 0 unspecified atom stereocenters. The van der Waals surface area contributed by atoms with Crippen LogP contribution in [0.2, 0.25) is 5.02 Å². The van der Waals surface area contributed by atoms with Gasteiger partial charge in [0.2, 0.25) is 0 Å². The Bertz CT molecular complexity index is 1450. The van der Waals surface area contributed by atoms with Gasteiger partial charge in [0.15, 0.2) is 6.61 Å². The number of carbonyl (C=O) groups is 2. The molecule has 36 heavy (non-hydrogen) atoms. The molecule has 1 amide bonds. The number of ether oxygens (including phenoxy) is 1. The van der Waals surface area contributed by atoms with Crippen LogP contribution < -0.4 is 21.1 Å². The zero-order valence-corrected chi connectivity index (χ0v) is 19.8. The SMILES string of the molecule is N=C(N)c1ccc(NC(=O)c2cc(Cl)ccc2NCc2ccc3ccccc3c2OCC(=O)O)cc1. The van der Waals surface area contributed by atoms with Gasteiger partial charge in [-0.1, -0.05) is 48.0 Å². The molecule has 4 aromatic carbocycles. The first-order valence-corrected chi connectivity index (χ1v) is 11.3. The number of fused-ring (bicyclic) bond motifs is 1. The Morgan fingerprint density at radius 3 is 2.47 bits per heavy atom. The first kappa shape index (κ1) is 24.6. The van der Waals surface area contributed by atoms with Crippen LogP contribution in [-0.4, -0.2) is 29.4 Å². The van der Waals surface area contributed by atoms with E-state index in [1.807, 2.05) is 36.4 Å². The first-order chi connectivity index (χ1) is 17.3. The van der Waals surface area contributed by atoms with Crippen LogP contribution in [0.1, 0.15) is 21.5 Å². The minimum atomic E-state index is -1.07. The van der Waals surface area contributed by atoms with E-state index in [1.54, 1.807) is 42.5 Å². The second-order valence-corrected chi connectivity index (χ2v) is 8.38. The maximum atomic E-state index is 13.1. The van der Waals surface area contributed by atoms with Gasteiger partial charge in [-0.2, -0.15) is 0 Å². The molecule has 0 aliphatic rings. The number of amidine groups is 1. The molecule has 0 aliphatic carbocycles. The maximum absolute atomic E-state index is 13.1. The molecule has 8 nitrogen and oxygen atoms in total. The van der Waals surface area contributed by atoms with Crippen LogP contribution in [0.25, 0.3) is 10.8 Å². The number of halogens is 1. The number of benzene rings is 4. The van der Waals surface area contributed by atoms with E-state index in [0.717, 1.165) is 16.3 Å². The molecule has 0 bridgehead atoms. The summed E-state index contributed by atoms with van der Waals surface area (Å²) in [4.78, 5) is 24.2. The molecule has 0 saturated carbocycles. The van der Waals surface area contributed by atoms with E-state index >= 15 is 0 Å². The second kappa shape index (κ2) is 10.8. The molecule has 9 heteroatoms. The van der Waals surface area contributed by atoms with E-state index in [0.29, 0.717) is 33.3 Å². The van der Waals surface area contributed by atoms with Crippen LogP contribution >= 0.6 is 11.6 Å². The Morgan fingerprint density at radius 2 is 1.75 bits per heavy atom. The Labute approximate surface area is 212 Å². The van der Waals surface area contributed by atoms with Crippen LogP contribution in [-0.2, 0) is 11.3 Å². The number of aliphatic carboxylic acids is 1. The fraction of sp³-hybridized carbons (Fsp3) is 0.0741. The van der Waals surface area contributed by atoms with Crippen LogP contribution in [0.15, 0.2) is 78.9 Å². The van der Waals surface area contributed by atoms with Gasteiger partial charge in [0.05, 0.1) is 5.56 Å². The number of anilines is 2. The summed E-state index contributed by atoms with van der Waals surface area (Å²) in [6, 6.07) is 22.9. The van der Waals surface area contributed by atoms with Crippen molar-refractivity contribution in [3.8, 4) is 5.75 Å². The van der Waals surface area contributed by atoms with Gasteiger partial charge >= 0.3 is 5.97 Å². The molecule has 0 atom stereocenters.